The lowest BCUT2D eigenvalue weighted by Gasteiger charge is -2.12. The molecule has 17 heavy (non-hydrogen) atoms. The molecule has 1 aromatic carbocycles. The minimum atomic E-state index is -3.59. The zero-order valence-corrected chi connectivity index (χ0v) is 11.6. The predicted octanol–water partition coefficient (Wildman–Crippen LogP) is 1.62. The van der Waals surface area contributed by atoms with Crippen molar-refractivity contribution in [2.45, 2.75) is 31.8 Å². The number of hydrogen-bond acceptors (Lipinski definition) is 3. The molecule has 1 rings (SSSR count). The van der Waals surface area contributed by atoms with Gasteiger partial charge in [-0.2, -0.15) is 0 Å². The van der Waals surface area contributed by atoms with E-state index < -0.39 is 16.1 Å². The van der Waals surface area contributed by atoms with Crippen LogP contribution in [0.2, 0.25) is 5.02 Å². The summed E-state index contributed by atoms with van der Waals surface area (Å²) in [6, 6.07) is 3.15. The molecule has 0 aromatic heterocycles. The molecule has 1 atom stereocenters. The second-order valence-electron chi connectivity index (χ2n) is 4.07. The zero-order chi connectivity index (χ0) is 13.2. The first kappa shape index (κ1) is 14.4. The van der Waals surface area contributed by atoms with Crippen LogP contribution < -0.4 is 4.72 Å². The van der Waals surface area contributed by atoms with Crippen LogP contribution in [-0.4, -0.2) is 26.2 Å². The third-order valence-corrected chi connectivity index (χ3v) is 4.29. The third kappa shape index (κ3) is 3.67. The van der Waals surface area contributed by atoms with Gasteiger partial charge in [0.2, 0.25) is 10.0 Å². The van der Waals surface area contributed by atoms with Gasteiger partial charge in [0.05, 0.1) is 11.0 Å². The third-order valence-electron chi connectivity index (χ3n) is 2.31. The number of rotatable bonds is 4. The number of aliphatic hydroxyl groups excluding tert-OH is 1. The van der Waals surface area contributed by atoms with E-state index >= 15 is 0 Å². The van der Waals surface area contributed by atoms with Crippen LogP contribution >= 0.6 is 11.6 Å². The van der Waals surface area contributed by atoms with E-state index in [9.17, 15) is 8.42 Å². The number of aliphatic hydroxyl groups is 1. The number of aryl methyl sites for hydroxylation is 2. The highest BCUT2D eigenvalue weighted by Crippen LogP contribution is 2.23. The lowest BCUT2D eigenvalue weighted by molar-refractivity contribution is 0.198. The number of hydrogen-bond donors (Lipinski definition) is 2. The molecule has 0 aliphatic carbocycles. The van der Waals surface area contributed by atoms with Crippen molar-refractivity contribution in [2.75, 3.05) is 6.54 Å². The van der Waals surface area contributed by atoms with Crippen LogP contribution in [0, 0.1) is 13.8 Å². The van der Waals surface area contributed by atoms with Gasteiger partial charge in [0.15, 0.2) is 0 Å². The van der Waals surface area contributed by atoms with Gasteiger partial charge in [-0.15, -0.1) is 0 Å². The maximum absolute atomic E-state index is 12.0. The molecule has 2 N–H and O–H groups in total. The normalized spacial score (nSPS) is 13.7. The van der Waals surface area contributed by atoms with E-state index in [4.69, 9.17) is 16.7 Å². The van der Waals surface area contributed by atoms with E-state index in [1.165, 1.54) is 13.0 Å². The van der Waals surface area contributed by atoms with Crippen molar-refractivity contribution in [3.05, 3.63) is 28.3 Å². The number of sulfonamides is 1. The number of nitrogens with one attached hydrogen (secondary N) is 1. The summed E-state index contributed by atoms with van der Waals surface area (Å²) in [4.78, 5) is 0.194. The summed E-state index contributed by atoms with van der Waals surface area (Å²) in [7, 11) is -3.59. The van der Waals surface area contributed by atoms with E-state index in [0.29, 0.717) is 16.1 Å². The summed E-state index contributed by atoms with van der Waals surface area (Å²) in [5.74, 6) is 0. The Morgan fingerprint density at radius 3 is 2.47 bits per heavy atom. The topological polar surface area (TPSA) is 66.4 Å². The fraction of sp³-hybridized carbons (Fsp3) is 0.455. The molecule has 0 saturated carbocycles. The van der Waals surface area contributed by atoms with Crippen molar-refractivity contribution in [1.29, 1.82) is 0 Å². The summed E-state index contributed by atoms with van der Waals surface area (Å²) in [6.45, 7) is 4.93. The van der Waals surface area contributed by atoms with Gasteiger partial charge >= 0.3 is 0 Å². The standard InChI is InChI=1S/C11H16ClNO3S/c1-7-5-11(8(2)4-10(7)12)17(15,16)13-6-9(3)14/h4-5,9,13-14H,6H2,1-3H3/t9-/m0/s1. The van der Waals surface area contributed by atoms with Gasteiger partial charge in [-0.05, 0) is 44.0 Å². The van der Waals surface area contributed by atoms with Crippen LogP contribution in [0.15, 0.2) is 17.0 Å². The Morgan fingerprint density at radius 1 is 1.35 bits per heavy atom. The molecular formula is C11H16ClNO3S. The summed E-state index contributed by atoms with van der Waals surface area (Å²) >= 11 is 5.91. The van der Waals surface area contributed by atoms with Gasteiger partial charge < -0.3 is 5.11 Å². The molecule has 1 aromatic rings. The minimum Gasteiger partial charge on any atom is -0.392 e. The van der Waals surface area contributed by atoms with E-state index in [-0.39, 0.29) is 11.4 Å². The van der Waals surface area contributed by atoms with Crippen molar-refractivity contribution in [3.8, 4) is 0 Å². The second-order valence-corrected chi connectivity index (χ2v) is 6.21. The highest BCUT2D eigenvalue weighted by molar-refractivity contribution is 7.89. The fourth-order valence-electron chi connectivity index (χ4n) is 1.35. The highest BCUT2D eigenvalue weighted by atomic mass is 35.5. The Bertz CT molecular complexity index is 512. The molecule has 0 bridgehead atoms. The monoisotopic (exact) mass is 277 g/mol. The van der Waals surface area contributed by atoms with Crippen molar-refractivity contribution in [1.82, 2.24) is 4.72 Å². The molecule has 0 heterocycles. The molecule has 4 nitrogen and oxygen atoms in total. The van der Waals surface area contributed by atoms with Crippen molar-refractivity contribution >= 4 is 21.6 Å². The number of halogens is 1. The Balaban J connectivity index is 3.11. The van der Waals surface area contributed by atoms with E-state index in [0.717, 1.165) is 0 Å². The molecule has 0 aliphatic heterocycles. The molecule has 0 aliphatic rings. The first-order valence-electron chi connectivity index (χ1n) is 5.18. The SMILES string of the molecule is Cc1cc(S(=O)(=O)NC[C@H](C)O)c(C)cc1Cl. The second kappa shape index (κ2) is 5.35. The molecule has 0 amide bonds. The first-order valence-corrected chi connectivity index (χ1v) is 7.04. The molecule has 96 valence electrons. The number of benzene rings is 1. The van der Waals surface area contributed by atoms with Crippen molar-refractivity contribution < 1.29 is 13.5 Å². The largest absolute Gasteiger partial charge is 0.392 e. The highest BCUT2D eigenvalue weighted by Gasteiger charge is 2.18. The average Bonchev–Trinajstić information content (AvgIpc) is 2.20. The fourth-order valence-corrected chi connectivity index (χ4v) is 3.00. The Hall–Kier alpha value is -0.620. The molecule has 0 spiro atoms. The molecule has 0 unspecified atom stereocenters. The van der Waals surface area contributed by atoms with E-state index in [2.05, 4.69) is 4.72 Å². The van der Waals surface area contributed by atoms with Gasteiger partial charge in [0, 0.05) is 11.6 Å². The maximum atomic E-state index is 12.0. The average molecular weight is 278 g/mol. The predicted molar refractivity (Wildman–Crippen MR) is 67.8 cm³/mol. The molecule has 0 radical (unpaired) electrons. The quantitative estimate of drug-likeness (QED) is 0.879. The van der Waals surface area contributed by atoms with Crippen LogP contribution in [0.1, 0.15) is 18.1 Å². The summed E-state index contributed by atoms with van der Waals surface area (Å²) in [6.07, 6.45) is -0.724. The van der Waals surface area contributed by atoms with Crippen LogP contribution in [0.4, 0.5) is 0 Å². The summed E-state index contributed by atoms with van der Waals surface area (Å²) in [5.41, 5.74) is 1.29. The molecular weight excluding hydrogens is 262 g/mol. The van der Waals surface area contributed by atoms with Gasteiger partial charge in [-0.3, -0.25) is 0 Å². The summed E-state index contributed by atoms with van der Waals surface area (Å²) < 4.78 is 26.3. The first-order chi connectivity index (χ1) is 7.74. The lowest BCUT2D eigenvalue weighted by Crippen LogP contribution is -2.31. The summed E-state index contributed by atoms with van der Waals surface area (Å²) in [5, 5.41) is 9.62. The van der Waals surface area contributed by atoms with Gasteiger partial charge in [0.25, 0.3) is 0 Å². The van der Waals surface area contributed by atoms with Crippen LogP contribution in [0.5, 0.6) is 0 Å². The Labute approximate surface area is 107 Å². The van der Waals surface area contributed by atoms with Crippen molar-refractivity contribution in [3.63, 3.8) is 0 Å². The van der Waals surface area contributed by atoms with Crippen LogP contribution in [0.25, 0.3) is 0 Å². The van der Waals surface area contributed by atoms with E-state index in [1.54, 1.807) is 19.9 Å². The Morgan fingerprint density at radius 2 is 1.94 bits per heavy atom. The van der Waals surface area contributed by atoms with Gasteiger partial charge in [0.1, 0.15) is 0 Å². The zero-order valence-electron chi connectivity index (χ0n) is 9.99. The maximum Gasteiger partial charge on any atom is 0.240 e. The van der Waals surface area contributed by atoms with Crippen LogP contribution in [-0.2, 0) is 10.0 Å². The smallest absolute Gasteiger partial charge is 0.240 e. The lowest BCUT2D eigenvalue weighted by atomic mass is 10.2. The van der Waals surface area contributed by atoms with Crippen LogP contribution in [0.3, 0.4) is 0 Å². The minimum absolute atomic E-state index is 0.0105. The molecule has 0 fully saturated rings. The van der Waals surface area contributed by atoms with E-state index in [1.807, 2.05) is 0 Å². The molecule has 6 heteroatoms. The molecule has 0 saturated heterocycles. The van der Waals surface area contributed by atoms with Gasteiger partial charge in [-0.25, -0.2) is 13.1 Å². The Kier molecular flexibility index (Phi) is 4.55. The van der Waals surface area contributed by atoms with Gasteiger partial charge in [-0.1, -0.05) is 11.6 Å². The van der Waals surface area contributed by atoms with Crippen molar-refractivity contribution in [2.24, 2.45) is 0 Å².